The Balaban J connectivity index is 2.73. The van der Waals surface area contributed by atoms with Crippen LogP contribution in [0.15, 0.2) is 12.1 Å². The van der Waals surface area contributed by atoms with Gasteiger partial charge in [-0.1, -0.05) is 18.5 Å². The van der Waals surface area contributed by atoms with E-state index in [1.165, 1.54) is 18.4 Å². The number of aryl methyl sites for hydroxylation is 1. The number of fused-ring (bicyclic) bond motifs is 1. The third-order valence-corrected chi connectivity index (χ3v) is 3.79. The van der Waals surface area contributed by atoms with Crippen LogP contribution in [0.1, 0.15) is 22.3 Å². The molecule has 0 bridgehead atoms. The summed E-state index contributed by atoms with van der Waals surface area (Å²) >= 11 is 7.49. The van der Waals surface area contributed by atoms with Gasteiger partial charge >= 0.3 is 5.97 Å². The second kappa shape index (κ2) is 4.39. The summed E-state index contributed by atoms with van der Waals surface area (Å²) in [7, 11) is 1.35. The lowest BCUT2D eigenvalue weighted by Crippen LogP contribution is -2.02. The van der Waals surface area contributed by atoms with Crippen molar-refractivity contribution >= 4 is 39.1 Å². The van der Waals surface area contributed by atoms with Crippen LogP contribution in [0, 0.1) is 0 Å². The fraction of sp³-hybridized carbons (Fsp3) is 0.273. The van der Waals surface area contributed by atoms with Gasteiger partial charge in [0.2, 0.25) is 0 Å². The fourth-order valence-electron chi connectivity index (χ4n) is 1.46. The number of benzene rings is 1. The number of halogens is 1. The maximum Gasteiger partial charge on any atom is 0.340 e. The van der Waals surface area contributed by atoms with Crippen LogP contribution in [0.25, 0.3) is 10.2 Å². The summed E-state index contributed by atoms with van der Waals surface area (Å²) in [5.74, 6) is -0.415. The van der Waals surface area contributed by atoms with Crippen molar-refractivity contribution in [3.63, 3.8) is 0 Å². The van der Waals surface area contributed by atoms with Crippen LogP contribution in [-0.2, 0) is 11.2 Å². The number of carbonyl (C=O) groups excluding carboxylic acids is 1. The second-order valence-electron chi connectivity index (χ2n) is 3.22. The minimum Gasteiger partial charge on any atom is -0.465 e. The highest BCUT2D eigenvalue weighted by atomic mass is 35.5. The number of rotatable bonds is 2. The lowest BCUT2D eigenvalue weighted by atomic mass is 10.2. The van der Waals surface area contributed by atoms with Crippen molar-refractivity contribution in [1.82, 2.24) is 4.98 Å². The quantitative estimate of drug-likeness (QED) is 0.773. The van der Waals surface area contributed by atoms with Crippen molar-refractivity contribution in [2.75, 3.05) is 7.11 Å². The molecule has 84 valence electrons. The van der Waals surface area contributed by atoms with Gasteiger partial charge in [0.05, 0.1) is 32.9 Å². The lowest BCUT2D eigenvalue weighted by molar-refractivity contribution is 0.0603. The Labute approximate surface area is 102 Å². The molecule has 5 heteroatoms. The standard InChI is InChI=1S/C11H10ClNO2S/c1-3-8-13-7-5-4-6(12)9(10(7)16-8)11(14)15-2/h4-5H,3H2,1-2H3. The number of nitrogens with zero attached hydrogens (tertiary/aromatic N) is 1. The van der Waals surface area contributed by atoms with Gasteiger partial charge in [-0.15, -0.1) is 11.3 Å². The molecule has 0 amide bonds. The van der Waals surface area contributed by atoms with Crippen LogP contribution in [0.3, 0.4) is 0 Å². The fourth-order valence-corrected chi connectivity index (χ4v) is 2.79. The minimum absolute atomic E-state index is 0.408. The van der Waals surface area contributed by atoms with Crippen LogP contribution in [0.2, 0.25) is 5.02 Å². The molecule has 16 heavy (non-hydrogen) atoms. The molecule has 3 nitrogen and oxygen atoms in total. The second-order valence-corrected chi connectivity index (χ2v) is 4.71. The van der Waals surface area contributed by atoms with E-state index in [9.17, 15) is 4.79 Å². The van der Waals surface area contributed by atoms with Gasteiger partial charge in [-0.3, -0.25) is 0 Å². The minimum atomic E-state index is -0.415. The third-order valence-electron chi connectivity index (χ3n) is 2.24. The molecule has 0 N–H and O–H groups in total. The summed E-state index contributed by atoms with van der Waals surface area (Å²) in [6.07, 6.45) is 0.845. The molecule has 0 atom stereocenters. The summed E-state index contributed by atoms with van der Waals surface area (Å²) in [5, 5.41) is 1.40. The molecule has 0 radical (unpaired) electrons. The van der Waals surface area contributed by atoms with Gasteiger partial charge in [0.25, 0.3) is 0 Å². The van der Waals surface area contributed by atoms with E-state index >= 15 is 0 Å². The molecule has 0 saturated carbocycles. The molecule has 0 aliphatic carbocycles. The Morgan fingerprint density at radius 2 is 2.31 bits per heavy atom. The molecule has 0 aliphatic heterocycles. The van der Waals surface area contributed by atoms with Crippen molar-refractivity contribution in [3.05, 3.63) is 27.7 Å². The van der Waals surface area contributed by atoms with Gasteiger partial charge in [-0.05, 0) is 18.6 Å². The zero-order valence-electron chi connectivity index (χ0n) is 8.91. The van der Waals surface area contributed by atoms with Gasteiger partial charge in [0.15, 0.2) is 0 Å². The predicted molar refractivity (Wildman–Crippen MR) is 65.3 cm³/mol. The smallest absolute Gasteiger partial charge is 0.340 e. The molecule has 1 aromatic carbocycles. The van der Waals surface area contributed by atoms with Crippen molar-refractivity contribution in [2.45, 2.75) is 13.3 Å². The third kappa shape index (κ3) is 1.79. The first-order valence-electron chi connectivity index (χ1n) is 4.83. The van der Waals surface area contributed by atoms with Crippen molar-refractivity contribution in [2.24, 2.45) is 0 Å². The van der Waals surface area contributed by atoms with Crippen LogP contribution in [0.4, 0.5) is 0 Å². The Morgan fingerprint density at radius 3 is 2.94 bits per heavy atom. The maximum absolute atomic E-state index is 11.6. The molecule has 2 aromatic rings. The zero-order valence-corrected chi connectivity index (χ0v) is 10.5. The van der Waals surface area contributed by atoms with Gasteiger partial charge < -0.3 is 4.74 Å². The topological polar surface area (TPSA) is 39.2 Å². The Morgan fingerprint density at radius 1 is 1.56 bits per heavy atom. The number of thiazole rings is 1. The predicted octanol–water partition coefficient (Wildman–Crippen LogP) is 3.30. The van der Waals surface area contributed by atoms with Crippen molar-refractivity contribution < 1.29 is 9.53 Å². The van der Waals surface area contributed by atoms with Crippen LogP contribution < -0.4 is 0 Å². The average molecular weight is 256 g/mol. The zero-order chi connectivity index (χ0) is 11.7. The SMILES string of the molecule is CCc1nc2ccc(Cl)c(C(=O)OC)c2s1. The van der Waals surface area contributed by atoms with E-state index < -0.39 is 5.97 Å². The van der Waals surface area contributed by atoms with E-state index in [0.29, 0.717) is 10.6 Å². The summed E-state index contributed by atoms with van der Waals surface area (Å²) in [5.41, 5.74) is 1.21. The van der Waals surface area contributed by atoms with E-state index in [0.717, 1.165) is 21.6 Å². The molecule has 1 heterocycles. The van der Waals surface area contributed by atoms with Gasteiger partial charge in [0.1, 0.15) is 0 Å². The van der Waals surface area contributed by atoms with Crippen LogP contribution in [0.5, 0.6) is 0 Å². The summed E-state index contributed by atoms with van der Waals surface area (Å²) in [6, 6.07) is 3.50. The monoisotopic (exact) mass is 255 g/mol. The highest BCUT2D eigenvalue weighted by Gasteiger charge is 2.17. The number of esters is 1. The average Bonchev–Trinajstić information content (AvgIpc) is 2.71. The molecule has 2 rings (SSSR count). The molecular formula is C11H10ClNO2S. The van der Waals surface area contributed by atoms with Gasteiger partial charge in [-0.2, -0.15) is 0 Å². The Bertz CT molecular complexity index is 550. The van der Waals surface area contributed by atoms with E-state index in [4.69, 9.17) is 16.3 Å². The number of hydrogen-bond acceptors (Lipinski definition) is 4. The lowest BCUT2D eigenvalue weighted by Gasteiger charge is -2.02. The molecule has 0 saturated heterocycles. The summed E-state index contributed by atoms with van der Waals surface area (Å²) in [4.78, 5) is 16.0. The van der Waals surface area contributed by atoms with Crippen molar-refractivity contribution in [3.8, 4) is 0 Å². The highest BCUT2D eigenvalue weighted by molar-refractivity contribution is 7.19. The van der Waals surface area contributed by atoms with Crippen LogP contribution in [-0.4, -0.2) is 18.1 Å². The highest BCUT2D eigenvalue weighted by Crippen LogP contribution is 2.31. The number of methoxy groups -OCH3 is 1. The molecule has 0 fully saturated rings. The normalized spacial score (nSPS) is 10.7. The number of ether oxygens (including phenoxy) is 1. The largest absolute Gasteiger partial charge is 0.465 e. The maximum atomic E-state index is 11.6. The van der Waals surface area contributed by atoms with E-state index in [-0.39, 0.29) is 0 Å². The molecule has 0 spiro atoms. The van der Waals surface area contributed by atoms with Gasteiger partial charge in [-0.25, -0.2) is 9.78 Å². The van der Waals surface area contributed by atoms with E-state index in [1.807, 2.05) is 13.0 Å². The van der Waals surface area contributed by atoms with Crippen LogP contribution >= 0.6 is 22.9 Å². The Hall–Kier alpha value is -1.13. The molecule has 0 aliphatic rings. The molecule has 0 unspecified atom stereocenters. The number of carbonyl (C=O) groups is 1. The number of hydrogen-bond donors (Lipinski definition) is 0. The van der Waals surface area contributed by atoms with Crippen molar-refractivity contribution in [1.29, 1.82) is 0 Å². The Kier molecular flexibility index (Phi) is 3.12. The first kappa shape index (κ1) is 11.4. The molecule has 1 aromatic heterocycles. The summed E-state index contributed by atoms with van der Waals surface area (Å²) in [6.45, 7) is 2.02. The summed E-state index contributed by atoms with van der Waals surface area (Å²) < 4.78 is 5.53. The van der Waals surface area contributed by atoms with E-state index in [2.05, 4.69) is 4.98 Å². The van der Waals surface area contributed by atoms with Gasteiger partial charge in [0, 0.05) is 0 Å². The molecular weight excluding hydrogens is 246 g/mol. The first-order valence-corrected chi connectivity index (χ1v) is 6.03. The first-order chi connectivity index (χ1) is 7.67. The number of aromatic nitrogens is 1. The van der Waals surface area contributed by atoms with E-state index in [1.54, 1.807) is 6.07 Å².